The maximum atomic E-state index is 13.4. The standard InChI is InChI=1S/C17H14FNO3/c1-21-15-8-11-7-13(10-4-3-5-12(18)6-10)17(20)19-14(11)9-16(15)22-2/h3-9H,1-2H3,(H,19,20). The number of ether oxygens (including phenoxy) is 2. The van der Waals surface area contributed by atoms with Crippen molar-refractivity contribution in [2.45, 2.75) is 0 Å². The first kappa shape index (κ1) is 14.1. The normalized spacial score (nSPS) is 10.7. The fourth-order valence-corrected chi connectivity index (χ4v) is 2.40. The second-order valence-corrected chi connectivity index (χ2v) is 4.82. The molecule has 1 heterocycles. The number of rotatable bonds is 3. The summed E-state index contributed by atoms with van der Waals surface area (Å²) in [6.07, 6.45) is 0. The summed E-state index contributed by atoms with van der Waals surface area (Å²) in [5.74, 6) is 0.709. The van der Waals surface area contributed by atoms with E-state index in [4.69, 9.17) is 9.47 Å². The summed E-state index contributed by atoms with van der Waals surface area (Å²) in [7, 11) is 3.08. The maximum absolute atomic E-state index is 13.4. The molecule has 3 rings (SSSR count). The van der Waals surface area contributed by atoms with Crippen LogP contribution in [0.3, 0.4) is 0 Å². The highest BCUT2D eigenvalue weighted by Crippen LogP contribution is 2.32. The molecule has 0 saturated heterocycles. The van der Waals surface area contributed by atoms with Crippen molar-refractivity contribution >= 4 is 10.9 Å². The minimum absolute atomic E-state index is 0.287. The fourth-order valence-electron chi connectivity index (χ4n) is 2.40. The van der Waals surface area contributed by atoms with Crippen molar-refractivity contribution < 1.29 is 13.9 Å². The fraction of sp³-hybridized carbons (Fsp3) is 0.118. The van der Waals surface area contributed by atoms with E-state index < -0.39 is 0 Å². The van der Waals surface area contributed by atoms with Gasteiger partial charge < -0.3 is 14.5 Å². The lowest BCUT2D eigenvalue weighted by atomic mass is 10.0. The van der Waals surface area contributed by atoms with Crippen LogP contribution in [0.1, 0.15) is 0 Å². The van der Waals surface area contributed by atoms with E-state index in [0.717, 1.165) is 5.39 Å². The lowest BCUT2D eigenvalue weighted by Crippen LogP contribution is -2.09. The molecular weight excluding hydrogens is 285 g/mol. The smallest absolute Gasteiger partial charge is 0.256 e. The zero-order valence-electron chi connectivity index (χ0n) is 12.1. The van der Waals surface area contributed by atoms with E-state index in [1.54, 1.807) is 37.4 Å². The summed E-state index contributed by atoms with van der Waals surface area (Å²) in [6.45, 7) is 0. The molecule has 0 saturated carbocycles. The number of hydrogen-bond acceptors (Lipinski definition) is 3. The lowest BCUT2D eigenvalue weighted by Gasteiger charge is -2.10. The van der Waals surface area contributed by atoms with Crippen LogP contribution in [0.15, 0.2) is 47.3 Å². The van der Waals surface area contributed by atoms with Crippen molar-refractivity contribution in [1.82, 2.24) is 4.98 Å². The van der Waals surface area contributed by atoms with E-state index in [0.29, 0.717) is 28.1 Å². The van der Waals surface area contributed by atoms with Gasteiger partial charge in [0.2, 0.25) is 0 Å². The summed E-state index contributed by atoms with van der Waals surface area (Å²) in [5.41, 5.74) is 1.27. The first-order valence-corrected chi connectivity index (χ1v) is 6.67. The van der Waals surface area contributed by atoms with E-state index in [1.807, 2.05) is 0 Å². The van der Waals surface area contributed by atoms with Crippen LogP contribution in [0.25, 0.3) is 22.0 Å². The van der Waals surface area contributed by atoms with Crippen LogP contribution in [-0.2, 0) is 0 Å². The molecule has 5 heteroatoms. The largest absolute Gasteiger partial charge is 0.493 e. The first-order valence-electron chi connectivity index (χ1n) is 6.67. The lowest BCUT2D eigenvalue weighted by molar-refractivity contribution is 0.356. The number of nitrogens with one attached hydrogen (secondary N) is 1. The maximum Gasteiger partial charge on any atom is 0.256 e. The summed E-state index contributed by atoms with van der Waals surface area (Å²) < 4.78 is 23.8. The highest BCUT2D eigenvalue weighted by atomic mass is 19.1. The number of methoxy groups -OCH3 is 2. The predicted octanol–water partition coefficient (Wildman–Crippen LogP) is 3.35. The van der Waals surface area contributed by atoms with E-state index in [2.05, 4.69) is 4.98 Å². The highest BCUT2D eigenvalue weighted by Gasteiger charge is 2.10. The van der Waals surface area contributed by atoms with Crippen LogP contribution in [0, 0.1) is 5.82 Å². The van der Waals surface area contributed by atoms with Gasteiger partial charge in [-0.2, -0.15) is 0 Å². The van der Waals surface area contributed by atoms with Crippen LogP contribution < -0.4 is 15.0 Å². The van der Waals surface area contributed by atoms with Crippen LogP contribution in [0.5, 0.6) is 11.5 Å². The second-order valence-electron chi connectivity index (χ2n) is 4.82. The third-order valence-corrected chi connectivity index (χ3v) is 3.48. The molecule has 0 aliphatic carbocycles. The van der Waals surface area contributed by atoms with Gasteiger partial charge in [-0.3, -0.25) is 4.79 Å². The molecule has 0 unspecified atom stereocenters. The average Bonchev–Trinajstić information content (AvgIpc) is 2.53. The van der Waals surface area contributed by atoms with Gasteiger partial charge in [0.05, 0.1) is 19.7 Å². The van der Waals surface area contributed by atoms with Crippen molar-refractivity contribution in [3.8, 4) is 22.6 Å². The SMILES string of the molecule is COc1cc2cc(-c3cccc(F)c3)c(=O)[nH]c2cc1OC. The van der Waals surface area contributed by atoms with Gasteiger partial charge in [0.15, 0.2) is 11.5 Å². The molecule has 22 heavy (non-hydrogen) atoms. The van der Waals surface area contributed by atoms with Crippen molar-refractivity contribution in [2.24, 2.45) is 0 Å². The molecule has 0 aliphatic rings. The average molecular weight is 299 g/mol. The van der Waals surface area contributed by atoms with Crippen LogP contribution in [-0.4, -0.2) is 19.2 Å². The van der Waals surface area contributed by atoms with Gasteiger partial charge >= 0.3 is 0 Å². The van der Waals surface area contributed by atoms with Crippen molar-refractivity contribution in [1.29, 1.82) is 0 Å². The Kier molecular flexibility index (Phi) is 3.55. The Balaban J connectivity index is 2.25. The Hall–Kier alpha value is -2.82. The zero-order chi connectivity index (χ0) is 15.7. The summed E-state index contributed by atoms with van der Waals surface area (Å²) >= 11 is 0. The van der Waals surface area contributed by atoms with Gasteiger partial charge in [-0.15, -0.1) is 0 Å². The molecule has 112 valence electrons. The minimum atomic E-state index is -0.385. The van der Waals surface area contributed by atoms with Crippen molar-refractivity contribution in [3.05, 3.63) is 58.6 Å². The molecule has 1 N–H and O–H groups in total. The van der Waals surface area contributed by atoms with Crippen molar-refractivity contribution in [3.63, 3.8) is 0 Å². The highest BCUT2D eigenvalue weighted by molar-refractivity contribution is 5.86. The Bertz CT molecular complexity index is 902. The second kappa shape index (κ2) is 5.52. The molecule has 0 fully saturated rings. The number of aromatic nitrogens is 1. The summed E-state index contributed by atoms with van der Waals surface area (Å²) in [6, 6.07) is 11.1. The van der Waals surface area contributed by atoms with Crippen molar-refractivity contribution in [2.75, 3.05) is 14.2 Å². The van der Waals surface area contributed by atoms with E-state index >= 15 is 0 Å². The topological polar surface area (TPSA) is 51.3 Å². The number of aromatic amines is 1. The Morgan fingerprint density at radius 2 is 1.73 bits per heavy atom. The van der Waals surface area contributed by atoms with E-state index in [9.17, 15) is 9.18 Å². The molecular formula is C17H14FNO3. The van der Waals surface area contributed by atoms with Crippen LogP contribution in [0.2, 0.25) is 0 Å². The van der Waals surface area contributed by atoms with Crippen LogP contribution in [0.4, 0.5) is 4.39 Å². The monoisotopic (exact) mass is 299 g/mol. The molecule has 0 amide bonds. The molecule has 0 spiro atoms. The third kappa shape index (κ3) is 2.41. The molecule has 0 radical (unpaired) electrons. The van der Waals surface area contributed by atoms with Gasteiger partial charge in [0.1, 0.15) is 5.82 Å². The minimum Gasteiger partial charge on any atom is -0.493 e. The molecule has 0 bridgehead atoms. The molecule has 0 aliphatic heterocycles. The first-order chi connectivity index (χ1) is 10.6. The van der Waals surface area contributed by atoms with E-state index in [-0.39, 0.29) is 11.4 Å². The quantitative estimate of drug-likeness (QED) is 0.807. The predicted molar refractivity (Wildman–Crippen MR) is 83.1 cm³/mol. The third-order valence-electron chi connectivity index (χ3n) is 3.48. The number of pyridine rings is 1. The Morgan fingerprint density at radius 3 is 2.41 bits per heavy atom. The molecule has 2 aromatic carbocycles. The van der Waals surface area contributed by atoms with Gasteiger partial charge in [0, 0.05) is 17.0 Å². The van der Waals surface area contributed by atoms with Gasteiger partial charge in [-0.25, -0.2) is 4.39 Å². The van der Waals surface area contributed by atoms with Crippen LogP contribution >= 0.6 is 0 Å². The van der Waals surface area contributed by atoms with Gasteiger partial charge in [-0.05, 0) is 29.8 Å². The number of H-pyrrole nitrogens is 1. The zero-order valence-corrected chi connectivity index (χ0v) is 12.1. The molecule has 0 atom stereocenters. The number of benzene rings is 2. The number of hydrogen-bond donors (Lipinski definition) is 1. The van der Waals surface area contributed by atoms with Gasteiger partial charge in [-0.1, -0.05) is 12.1 Å². The summed E-state index contributed by atoms with van der Waals surface area (Å²) in [5, 5.41) is 0.775. The number of fused-ring (bicyclic) bond motifs is 1. The van der Waals surface area contributed by atoms with Gasteiger partial charge in [0.25, 0.3) is 5.56 Å². The number of halogens is 1. The van der Waals surface area contributed by atoms with E-state index in [1.165, 1.54) is 19.2 Å². The summed E-state index contributed by atoms with van der Waals surface area (Å²) in [4.78, 5) is 15.0. The Labute approximate surface area is 126 Å². The Morgan fingerprint density at radius 1 is 1.00 bits per heavy atom. The molecule has 4 nitrogen and oxygen atoms in total. The molecule has 3 aromatic rings. The molecule has 1 aromatic heterocycles.